The van der Waals surface area contributed by atoms with Crippen LogP contribution < -0.4 is 10.1 Å². The van der Waals surface area contributed by atoms with E-state index in [2.05, 4.69) is 11.9 Å². The molecule has 27 heavy (non-hydrogen) atoms. The number of rotatable bonds is 6. The number of hydrogen-bond donors (Lipinski definition) is 1. The van der Waals surface area contributed by atoms with Crippen molar-refractivity contribution in [2.24, 2.45) is 0 Å². The first-order valence-corrected chi connectivity index (χ1v) is 8.35. The van der Waals surface area contributed by atoms with Gasteiger partial charge < -0.3 is 4.74 Å². The molecular formula is C21H18N2O4. The van der Waals surface area contributed by atoms with Crippen molar-refractivity contribution >= 4 is 23.9 Å². The highest BCUT2D eigenvalue weighted by atomic mass is 16.5. The van der Waals surface area contributed by atoms with Crippen LogP contribution in [0.1, 0.15) is 11.1 Å². The molecule has 0 aromatic heterocycles. The van der Waals surface area contributed by atoms with Gasteiger partial charge in [0.05, 0.1) is 0 Å². The van der Waals surface area contributed by atoms with E-state index in [0.717, 1.165) is 10.5 Å². The second kappa shape index (κ2) is 8.14. The van der Waals surface area contributed by atoms with Gasteiger partial charge in [0.15, 0.2) is 0 Å². The number of nitrogens with zero attached hydrogens (tertiary/aromatic N) is 1. The van der Waals surface area contributed by atoms with Crippen LogP contribution in [-0.2, 0) is 16.2 Å². The summed E-state index contributed by atoms with van der Waals surface area (Å²) in [5.74, 6) is -0.768. The van der Waals surface area contributed by atoms with Crippen molar-refractivity contribution in [3.05, 3.63) is 84.0 Å². The SMILES string of the molecule is C=CCN1C(=O)NC(=O)/C(=C/c2cccc(OCc3ccccc3)c2)C1=O. The predicted octanol–water partition coefficient (Wildman–Crippen LogP) is 2.91. The lowest BCUT2D eigenvalue weighted by Crippen LogP contribution is -2.54. The third kappa shape index (κ3) is 4.30. The lowest BCUT2D eigenvalue weighted by molar-refractivity contribution is -0.129. The van der Waals surface area contributed by atoms with Crippen LogP contribution in [0.4, 0.5) is 4.79 Å². The van der Waals surface area contributed by atoms with Crippen LogP contribution in [0.3, 0.4) is 0 Å². The van der Waals surface area contributed by atoms with Gasteiger partial charge in [0, 0.05) is 6.54 Å². The van der Waals surface area contributed by atoms with Gasteiger partial charge in [-0.2, -0.15) is 0 Å². The first-order chi connectivity index (χ1) is 13.1. The third-order valence-electron chi connectivity index (χ3n) is 3.91. The molecule has 0 bridgehead atoms. The van der Waals surface area contributed by atoms with E-state index in [-0.39, 0.29) is 12.1 Å². The Hall–Kier alpha value is -3.67. The number of imide groups is 2. The summed E-state index contributed by atoms with van der Waals surface area (Å²) in [6.07, 6.45) is 2.86. The van der Waals surface area contributed by atoms with Crippen LogP contribution >= 0.6 is 0 Å². The van der Waals surface area contributed by atoms with Crippen LogP contribution in [0.15, 0.2) is 72.8 Å². The van der Waals surface area contributed by atoms with Crippen molar-refractivity contribution in [1.82, 2.24) is 10.2 Å². The molecule has 0 aliphatic carbocycles. The molecule has 1 fully saturated rings. The molecule has 1 aliphatic rings. The molecule has 0 spiro atoms. The van der Waals surface area contributed by atoms with E-state index in [1.165, 1.54) is 12.2 Å². The molecule has 6 heteroatoms. The maximum atomic E-state index is 12.4. The Morgan fingerprint density at radius 1 is 1.04 bits per heavy atom. The van der Waals surface area contributed by atoms with Gasteiger partial charge in [-0.05, 0) is 29.3 Å². The van der Waals surface area contributed by atoms with E-state index in [9.17, 15) is 14.4 Å². The molecule has 0 saturated carbocycles. The molecule has 0 radical (unpaired) electrons. The minimum absolute atomic E-state index is 0.0233. The fraction of sp³-hybridized carbons (Fsp3) is 0.0952. The Morgan fingerprint density at radius 2 is 1.81 bits per heavy atom. The van der Waals surface area contributed by atoms with E-state index in [0.29, 0.717) is 17.9 Å². The average molecular weight is 362 g/mol. The van der Waals surface area contributed by atoms with Crippen molar-refractivity contribution in [2.45, 2.75) is 6.61 Å². The van der Waals surface area contributed by atoms with Gasteiger partial charge in [-0.1, -0.05) is 48.5 Å². The molecule has 3 rings (SSSR count). The minimum atomic E-state index is -0.748. The number of urea groups is 1. The average Bonchev–Trinajstić information content (AvgIpc) is 2.68. The fourth-order valence-electron chi connectivity index (χ4n) is 2.59. The Morgan fingerprint density at radius 3 is 2.56 bits per heavy atom. The van der Waals surface area contributed by atoms with Crippen LogP contribution in [-0.4, -0.2) is 29.3 Å². The number of ether oxygens (including phenoxy) is 1. The number of carbonyl (C=O) groups excluding carboxylic acids is 3. The molecule has 1 heterocycles. The molecule has 0 atom stereocenters. The zero-order valence-electron chi connectivity index (χ0n) is 14.6. The van der Waals surface area contributed by atoms with Gasteiger partial charge in [-0.15, -0.1) is 6.58 Å². The van der Waals surface area contributed by atoms with E-state index in [1.54, 1.807) is 24.3 Å². The summed E-state index contributed by atoms with van der Waals surface area (Å²) in [4.78, 5) is 37.2. The lowest BCUT2D eigenvalue weighted by Gasteiger charge is -2.25. The highest BCUT2D eigenvalue weighted by Crippen LogP contribution is 2.19. The topological polar surface area (TPSA) is 75.7 Å². The standard InChI is InChI=1S/C21H18N2O4/c1-2-11-23-20(25)18(19(24)22-21(23)26)13-16-9-6-10-17(12-16)27-14-15-7-4-3-5-8-15/h2-10,12-13H,1,11,14H2,(H,22,24,26)/b18-13-. The Balaban J connectivity index is 1.79. The lowest BCUT2D eigenvalue weighted by atomic mass is 10.1. The Labute approximate surface area is 156 Å². The van der Waals surface area contributed by atoms with Crippen molar-refractivity contribution in [1.29, 1.82) is 0 Å². The summed E-state index contributed by atoms with van der Waals surface area (Å²) in [6, 6.07) is 16.0. The summed E-state index contributed by atoms with van der Waals surface area (Å²) >= 11 is 0. The first kappa shape index (κ1) is 18.1. The fourth-order valence-corrected chi connectivity index (χ4v) is 2.59. The van der Waals surface area contributed by atoms with Crippen molar-refractivity contribution in [2.75, 3.05) is 6.54 Å². The van der Waals surface area contributed by atoms with E-state index in [1.807, 2.05) is 30.3 Å². The number of hydrogen-bond acceptors (Lipinski definition) is 4. The molecule has 1 N–H and O–H groups in total. The summed E-state index contributed by atoms with van der Waals surface area (Å²) in [5, 5.41) is 2.16. The van der Waals surface area contributed by atoms with Gasteiger partial charge in [0.2, 0.25) is 0 Å². The predicted molar refractivity (Wildman–Crippen MR) is 101 cm³/mol. The van der Waals surface area contributed by atoms with Gasteiger partial charge in [0.25, 0.3) is 11.8 Å². The number of nitrogens with one attached hydrogen (secondary N) is 1. The van der Waals surface area contributed by atoms with Crippen LogP contribution in [0, 0.1) is 0 Å². The van der Waals surface area contributed by atoms with Gasteiger partial charge in [-0.25, -0.2) is 4.79 Å². The van der Waals surface area contributed by atoms with E-state index < -0.39 is 17.8 Å². The first-order valence-electron chi connectivity index (χ1n) is 8.35. The smallest absolute Gasteiger partial charge is 0.331 e. The highest BCUT2D eigenvalue weighted by molar-refractivity contribution is 6.31. The molecule has 2 aromatic carbocycles. The monoisotopic (exact) mass is 362 g/mol. The molecule has 136 valence electrons. The quantitative estimate of drug-likeness (QED) is 0.487. The molecule has 1 aliphatic heterocycles. The molecule has 1 saturated heterocycles. The second-order valence-electron chi connectivity index (χ2n) is 5.87. The van der Waals surface area contributed by atoms with Gasteiger partial charge in [0.1, 0.15) is 17.9 Å². The number of barbiturate groups is 1. The second-order valence-corrected chi connectivity index (χ2v) is 5.87. The van der Waals surface area contributed by atoms with E-state index >= 15 is 0 Å². The van der Waals surface area contributed by atoms with Gasteiger partial charge in [-0.3, -0.25) is 19.8 Å². The number of amides is 4. The molecular weight excluding hydrogens is 344 g/mol. The highest BCUT2D eigenvalue weighted by Gasteiger charge is 2.34. The molecule has 0 unspecified atom stereocenters. The summed E-state index contributed by atoms with van der Waals surface area (Å²) in [5.41, 5.74) is 1.53. The maximum Gasteiger partial charge on any atom is 0.331 e. The number of carbonyl (C=O) groups is 3. The minimum Gasteiger partial charge on any atom is -0.489 e. The van der Waals surface area contributed by atoms with Crippen LogP contribution in [0.5, 0.6) is 5.75 Å². The van der Waals surface area contributed by atoms with Crippen molar-refractivity contribution in [3.63, 3.8) is 0 Å². The Kier molecular flexibility index (Phi) is 5.47. The largest absolute Gasteiger partial charge is 0.489 e. The van der Waals surface area contributed by atoms with Gasteiger partial charge >= 0.3 is 6.03 Å². The van der Waals surface area contributed by atoms with Crippen molar-refractivity contribution < 1.29 is 19.1 Å². The van der Waals surface area contributed by atoms with Crippen molar-refractivity contribution in [3.8, 4) is 5.75 Å². The zero-order chi connectivity index (χ0) is 19.2. The summed E-state index contributed by atoms with van der Waals surface area (Å²) < 4.78 is 5.76. The molecule has 4 amide bonds. The third-order valence-corrected chi connectivity index (χ3v) is 3.91. The zero-order valence-corrected chi connectivity index (χ0v) is 14.6. The maximum absolute atomic E-state index is 12.4. The Bertz CT molecular complexity index is 919. The molecule has 2 aromatic rings. The molecule has 6 nitrogen and oxygen atoms in total. The van der Waals surface area contributed by atoms with Crippen LogP contribution in [0.25, 0.3) is 6.08 Å². The van der Waals surface area contributed by atoms with Crippen LogP contribution in [0.2, 0.25) is 0 Å². The summed E-state index contributed by atoms with van der Waals surface area (Å²) in [7, 11) is 0. The normalized spacial score (nSPS) is 15.6. The number of benzene rings is 2. The summed E-state index contributed by atoms with van der Waals surface area (Å²) in [6.45, 7) is 3.94. The van der Waals surface area contributed by atoms with E-state index in [4.69, 9.17) is 4.74 Å².